The van der Waals surface area contributed by atoms with Gasteiger partial charge in [0.2, 0.25) is 0 Å². The van der Waals surface area contributed by atoms with E-state index >= 15 is 0 Å². The number of amides is 1. The average Bonchev–Trinajstić information content (AvgIpc) is 3.04. The molecule has 0 saturated carbocycles. The first-order chi connectivity index (χ1) is 13.9. The van der Waals surface area contributed by atoms with Crippen molar-refractivity contribution in [2.24, 2.45) is 4.99 Å². The molecule has 1 unspecified atom stereocenters. The van der Waals surface area contributed by atoms with Gasteiger partial charge in [-0.2, -0.15) is 4.99 Å². The van der Waals surface area contributed by atoms with Crippen LogP contribution in [0.4, 0.5) is 0 Å². The average molecular weight is 433 g/mol. The van der Waals surface area contributed by atoms with Crippen LogP contribution in [0.2, 0.25) is 5.02 Å². The van der Waals surface area contributed by atoms with Crippen LogP contribution >= 0.6 is 22.9 Å². The maximum Gasteiger partial charge on any atom is 0.328 e. The summed E-state index contributed by atoms with van der Waals surface area (Å²) >= 11 is 7.30. The van der Waals surface area contributed by atoms with E-state index in [1.54, 1.807) is 42.7 Å². The van der Waals surface area contributed by atoms with Gasteiger partial charge in [-0.15, -0.1) is 0 Å². The molecule has 3 rings (SSSR count). The highest BCUT2D eigenvalue weighted by Gasteiger charge is 2.21. The van der Waals surface area contributed by atoms with Crippen molar-refractivity contribution in [1.29, 1.82) is 0 Å². The Morgan fingerprint density at radius 2 is 1.97 bits per heavy atom. The monoisotopic (exact) mass is 432 g/mol. The van der Waals surface area contributed by atoms with Crippen LogP contribution in [0.1, 0.15) is 37.2 Å². The van der Waals surface area contributed by atoms with Crippen LogP contribution in [-0.4, -0.2) is 29.7 Å². The molecule has 1 amide bonds. The molecule has 0 aliphatic rings. The summed E-state index contributed by atoms with van der Waals surface area (Å²) in [7, 11) is 0. The van der Waals surface area contributed by atoms with Crippen molar-refractivity contribution in [2.75, 3.05) is 13.2 Å². The highest BCUT2D eigenvalue weighted by Crippen LogP contribution is 2.26. The minimum absolute atomic E-state index is 0.272. The van der Waals surface area contributed by atoms with E-state index in [1.165, 1.54) is 11.3 Å². The lowest BCUT2D eigenvalue weighted by Crippen LogP contribution is -2.27. The Balaban J connectivity index is 2.16. The van der Waals surface area contributed by atoms with Gasteiger partial charge in [0.05, 0.1) is 23.4 Å². The molecule has 1 atom stereocenters. The van der Waals surface area contributed by atoms with Crippen molar-refractivity contribution in [2.45, 2.75) is 26.8 Å². The fourth-order valence-electron chi connectivity index (χ4n) is 2.87. The van der Waals surface area contributed by atoms with Crippen LogP contribution < -0.4 is 9.54 Å². The molecule has 0 aliphatic carbocycles. The van der Waals surface area contributed by atoms with Gasteiger partial charge in [0, 0.05) is 10.6 Å². The van der Waals surface area contributed by atoms with Crippen molar-refractivity contribution in [3.63, 3.8) is 0 Å². The van der Waals surface area contributed by atoms with Gasteiger partial charge in [-0.05, 0) is 57.2 Å². The van der Waals surface area contributed by atoms with Gasteiger partial charge < -0.3 is 14.0 Å². The molecule has 1 aromatic heterocycles. The molecule has 3 aromatic rings. The summed E-state index contributed by atoms with van der Waals surface area (Å²) in [5.41, 5.74) is 1.15. The maximum absolute atomic E-state index is 12.7. The summed E-state index contributed by atoms with van der Waals surface area (Å²) < 4.78 is 13.3. The number of fused-ring (bicyclic) bond motifs is 1. The molecule has 2 aromatic carbocycles. The van der Waals surface area contributed by atoms with E-state index in [9.17, 15) is 9.59 Å². The van der Waals surface area contributed by atoms with Crippen molar-refractivity contribution >= 4 is 45.0 Å². The summed E-state index contributed by atoms with van der Waals surface area (Å²) in [5.74, 6) is -0.114. The van der Waals surface area contributed by atoms with Crippen LogP contribution in [0.25, 0.3) is 10.2 Å². The molecule has 0 N–H and O–H groups in total. The van der Waals surface area contributed by atoms with E-state index in [4.69, 9.17) is 21.1 Å². The lowest BCUT2D eigenvalue weighted by atomic mass is 10.2. The Labute approximate surface area is 177 Å². The number of carbonyl (C=O) groups excluding carboxylic acids is 2. The highest BCUT2D eigenvalue weighted by molar-refractivity contribution is 7.16. The van der Waals surface area contributed by atoms with E-state index in [0.717, 1.165) is 10.2 Å². The molecular weight excluding hydrogens is 412 g/mol. The Hall–Kier alpha value is -2.64. The van der Waals surface area contributed by atoms with Crippen molar-refractivity contribution in [3.05, 3.63) is 57.9 Å². The summed E-state index contributed by atoms with van der Waals surface area (Å²) in [5, 5.41) is 0.455. The number of rotatable bonds is 6. The second-order valence-corrected chi connectivity index (χ2v) is 7.62. The molecule has 0 fully saturated rings. The molecule has 6 nitrogen and oxygen atoms in total. The number of nitrogens with zero attached hydrogens (tertiary/aromatic N) is 2. The van der Waals surface area contributed by atoms with E-state index in [0.29, 0.717) is 27.7 Å². The number of benzene rings is 2. The fraction of sp³-hybridized carbons (Fsp3) is 0.286. The Morgan fingerprint density at radius 3 is 2.66 bits per heavy atom. The zero-order valence-corrected chi connectivity index (χ0v) is 17.9. The van der Waals surface area contributed by atoms with Crippen molar-refractivity contribution < 1.29 is 19.1 Å². The largest absolute Gasteiger partial charge is 0.494 e. The molecule has 0 radical (unpaired) electrons. The summed E-state index contributed by atoms with van der Waals surface area (Å²) in [6, 6.07) is 11.5. The third kappa shape index (κ3) is 4.68. The number of hydrogen-bond acceptors (Lipinski definition) is 5. The lowest BCUT2D eigenvalue weighted by molar-refractivity contribution is -0.146. The van der Waals surface area contributed by atoms with Gasteiger partial charge in [0.15, 0.2) is 4.80 Å². The smallest absolute Gasteiger partial charge is 0.328 e. The highest BCUT2D eigenvalue weighted by atomic mass is 35.5. The van der Waals surface area contributed by atoms with E-state index < -0.39 is 17.9 Å². The fourth-order valence-corrected chi connectivity index (χ4v) is 4.19. The van der Waals surface area contributed by atoms with E-state index in [2.05, 4.69) is 4.99 Å². The first kappa shape index (κ1) is 21.1. The van der Waals surface area contributed by atoms with E-state index in [1.807, 2.05) is 25.1 Å². The van der Waals surface area contributed by atoms with Crippen LogP contribution in [0, 0.1) is 0 Å². The van der Waals surface area contributed by atoms with Gasteiger partial charge in [0.25, 0.3) is 5.91 Å². The topological polar surface area (TPSA) is 69.9 Å². The summed E-state index contributed by atoms with van der Waals surface area (Å²) in [4.78, 5) is 29.8. The first-order valence-corrected chi connectivity index (χ1v) is 10.4. The number of esters is 1. The Morgan fingerprint density at radius 1 is 1.17 bits per heavy atom. The van der Waals surface area contributed by atoms with Gasteiger partial charge in [-0.25, -0.2) is 4.79 Å². The number of hydrogen-bond donors (Lipinski definition) is 0. The Kier molecular flexibility index (Phi) is 6.71. The molecule has 1 heterocycles. The predicted molar refractivity (Wildman–Crippen MR) is 114 cm³/mol. The van der Waals surface area contributed by atoms with Gasteiger partial charge in [-0.1, -0.05) is 29.0 Å². The molecule has 8 heteroatoms. The molecule has 152 valence electrons. The van der Waals surface area contributed by atoms with Crippen LogP contribution in [-0.2, 0) is 9.53 Å². The number of aromatic nitrogens is 1. The van der Waals surface area contributed by atoms with Crippen LogP contribution in [0.5, 0.6) is 5.75 Å². The number of thiazole rings is 1. The van der Waals surface area contributed by atoms with E-state index in [-0.39, 0.29) is 6.61 Å². The van der Waals surface area contributed by atoms with Crippen LogP contribution in [0.3, 0.4) is 0 Å². The molecule has 29 heavy (non-hydrogen) atoms. The number of carbonyl (C=O) groups is 2. The second kappa shape index (κ2) is 9.24. The van der Waals surface area contributed by atoms with Gasteiger partial charge in [-0.3, -0.25) is 4.79 Å². The minimum atomic E-state index is -0.646. The number of ether oxygens (including phenoxy) is 2. The molecule has 0 spiro atoms. The second-order valence-electron chi connectivity index (χ2n) is 6.17. The summed E-state index contributed by atoms with van der Waals surface area (Å²) in [6.45, 7) is 6.20. The van der Waals surface area contributed by atoms with Gasteiger partial charge >= 0.3 is 5.97 Å². The normalized spacial score (nSPS) is 12.8. The molecule has 0 bridgehead atoms. The number of halogens is 1. The van der Waals surface area contributed by atoms with Crippen molar-refractivity contribution in [3.8, 4) is 5.75 Å². The summed E-state index contributed by atoms with van der Waals surface area (Å²) in [6.07, 6.45) is 0. The third-order valence-electron chi connectivity index (χ3n) is 4.19. The maximum atomic E-state index is 12.7. The van der Waals surface area contributed by atoms with Crippen molar-refractivity contribution in [1.82, 2.24) is 4.57 Å². The standard InChI is InChI=1S/C21H21ClN2O4S/c1-4-27-16-9-10-17-18(12-16)29-21(24(17)13(3)20(26)28-5-2)23-19(25)14-7-6-8-15(22)11-14/h6-13H,4-5H2,1-3H3. The molecular formula is C21H21ClN2O4S. The third-order valence-corrected chi connectivity index (χ3v) is 5.45. The van der Waals surface area contributed by atoms with Gasteiger partial charge in [0.1, 0.15) is 11.8 Å². The SMILES string of the molecule is CCOC(=O)C(C)n1c(=NC(=O)c2cccc(Cl)c2)sc2cc(OCC)ccc21. The van der Waals surface area contributed by atoms with Crippen LogP contribution in [0.15, 0.2) is 47.5 Å². The molecule has 0 saturated heterocycles. The first-order valence-electron chi connectivity index (χ1n) is 9.23. The zero-order valence-electron chi connectivity index (χ0n) is 16.3. The quantitative estimate of drug-likeness (QED) is 0.533. The lowest BCUT2D eigenvalue weighted by Gasteiger charge is -2.14. The zero-order chi connectivity index (χ0) is 21.0. The molecule has 0 aliphatic heterocycles. The minimum Gasteiger partial charge on any atom is -0.494 e. The Bertz CT molecular complexity index is 1120. The predicted octanol–water partition coefficient (Wildman–Crippen LogP) is 4.62.